The van der Waals surface area contributed by atoms with E-state index in [-0.39, 0.29) is 14.6 Å². The molecule has 0 saturated heterocycles. The highest BCUT2D eigenvalue weighted by molar-refractivity contribution is 8.02. The lowest BCUT2D eigenvalue weighted by molar-refractivity contribution is 1.03. The molecule has 0 fully saturated rings. The summed E-state index contributed by atoms with van der Waals surface area (Å²) in [5, 5.41) is 3.41. The van der Waals surface area contributed by atoms with Crippen molar-refractivity contribution >= 4 is 20.9 Å². The quantitative estimate of drug-likeness (QED) is 0.263. The van der Waals surface area contributed by atoms with Gasteiger partial charge in [-0.05, 0) is 12.5 Å². The van der Waals surface area contributed by atoms with Crippen LogP contribution in [0.3, 0.4) is 0 Å². The largest absolute Gasteiger partial charge is 0.149 e. The minimum Gasteiger partial charge on any atom is -0.149 e. The van der Waals surface area contributed by atoms with E-state index in [9.17, 15) is 0 Å². The Hall–Kier alpha value is 0.0900. The van der Waals surface area contributed by atoms with Gasteiger partial charge < -0.3 is 0 Å². The summed E-state index contributed by atoms with van der Waals surface area (Å²) in [4.78, 5) is 2.63. The molecule has 0 aliphatic rings. The van der Waals surface area contributed by atoms with Crippen LogP contribution in [0.25, 0.3) is 10.4 Å². The van der Waals surface area contributed by atoms with Gasteiger partial charge in [0.2, 0.25) is 0 Å². The minimum absolute atomic E-state index is 0.0205. The molecule has 0 aromatic rings. The lowest BCUT2D eigenvalue weighted by Gasteiger charge is -1.96. The van der Waals surface area contributed by atoms with Crippen molar-refractivity contribution in [3.63, 3.8) is 0 Å². The monoisotopic (exact) mass is 151 g/mol. The normalized spacial score (nSPS) is 15.4. The van der Waals surface area contributed by atoms with Crippen molar-refractivity contribution in [2.45, 2.75) is 12.3 Å². The van der Waals surface area contributed by atoms with Crippen LogP contribution in [0.4, 0.5) is 0 Å². The van der Waals surface area contributed by atoms with E-state index in [1.54, 1.807) is 0 Å². The van der Waals surface area contributed by atoms with Crippen molar-refractivity contribution in [1.82, 2.24) is 0 Å². The molecule has 0 aliphatic carbocycles. The van der Waals surface area contributed by atoms with Crippen molar-refractivity contribution < 1.29 is 0 Å². The van der Waals surface area contributed by atoms with Gasteiger partial charge in [0.1, 0.15) is 0 Å². The molecule has 0 radical (unpaired) electrons. The summed E-state index contributed by atoms with van der Waals surface area (Å²) in [6.07, 6.45) is 0. The molecule has 5 heteroatoms. The first-order valence-corrected chi connectivity index (χ1v) is 3.87. The molecule has 0 aromatic carbocycles. The third kappa shape index (κ3) is 4.25. The predicted octanol–water partition coefficient (Wildman–Crippen LogP) is 2.21. The van der Waals surface area contributed by atoms with Crippen LogP contribution in [-0.2, 0) is 0 Å². The fourth-order valence-electron chi connectivity index (χ4n) is 0.227. The molecule has 1 unspecified atom stereocenters. The number of azide groups is 1. The van der Waals surface area contributed by atoms with E-state index in [0.717, 1.165) is 5.49 Å². The highest BCUT2D eigenvalue weighted by Crippen LogP contribution is 2.13. The number of rotatable bonds is 4. The van der Waals surface area contributed by atoms with Gasteiger partial charge >= 0.3 is 0 Å². The first-order valence-electron chi connectivity index (χ1n) is 2.61. The van der Waals surface area contributed by atoms with E-state index in [1.165, 1.54) is 11.8 Å². The lowest BCUT2D eigenvalue weighted by atomic mass is 10.8. The zero-order valence-electron chi connectivity index (χ0n) is 5.53. The van der Waals surface area contributed by atoms with Gasteiger partial charge in [-0.15, -0.1) is 20.9 Å². The van der Waals surface area contributed by atoms with Crippen molar-refractivity contribution in [1.29, 1.82) is 1.28 Å². The highest BCUT2D eigenvalue weighted by atomic mass is 32.2. The Morgan fingerprint density at radius 2 is 3.00 bits per heavy atom. The number of nitrogens with zero attached hydrogens (tertiary/aromatic N) is 3. The Bertz CT molecular complexity index is 116. The molecule has 0 rings (SSSR count). The Morgan fingerprint density at radius 3 is 3.50 bits per heavy atom. The average molecular weight is 151 g/mol. The molecule has 0 amide bonds. The van der Waals surface area contributed by atoms with E-state index in [0.29, 0.717) is 0 Å². The molecule has 8 heavy (non-hydrogen) atoms. The maximum Gasteiger partial charge on any atom is 0.0808 e. The molecular formula is C3H8N3PS. The number of thioether (sulfide) groups is 1. The Labute approximate surface area is 56.3 Å². The fraction of sp³-hybridized carbons (Fsp3) is 1.00. The Balaban J connectivity index is 3.26. The lowest BCUT2D eigenvalue weighted by Crippen LogP contribution is -1.85. The standard InChI is InChI=1S/C3H8N3PS/c1-3(5-6-4)8-2-7/h3H,2,7H2,1H3/t3-/m0/s1/i7T/t3-,7?. The zero-order chi connectivity index (χ0) is 7.11. The molecule has 2 atom stereocenters. The third-order valence-corrected chi connectivity index (χ3v) is 1.78. The summed E-state index contributed by atoms with van der Waals surface area (Å²) in [5.41, 5.74) is 8.70. The van der Waals surface area contributed by atoms with E-state index in [1.807, 2.05) is 6.92 Å². The van der Waals surface area contributed by atoms with Crippen molar-refractivity contribution in [2.75, 3.05) is 5.49 Å². The number of hydrogen-bond acceptors (Lipinski definition) is 2. The molecule has 3 nitrogen and oxygen atoms in total. The van der Waals surface area contributed by atoms with E-state index in [2.05, 4.69) is 10.0 Å². The van der Waals surface area contributed by atoms with Crippen LogP contribution in [0.1, 0.15) is 6.92 Å². The molecule has 0 bridgehead atoms. The second kappa shape index (κ2) is 5.23. The highest BCUT2D eigenvalue weighted by Gasteiger charge is 1.92. The molecule has 0 aromatic heterocycles. The van der Waals surface area contributed by atoms with Gasteiger partial charge in [-0.25, -0.2) is 0 Å². The predicted molar refractivity (Wildman–Crippen MR) is 40.8 cm³/mol. The zero-order valence-corrected chi connectivity index (χ0v) is 6.35. The summed E-state index contributed by atoms with van der Waals surface area (Å²) >= 11 is 1.51. The molecule has 0 spiro atoms. The maximum atomic E-state index is 7.94. The van der Waals surface area contributed by atoms with Crippen LogP contribution in [0.15, 0.2) is 5.11 Å². The van der Waals surface area contributed by atoms with Crippen molar-refractivity contribution in [3.8, 4) is 0 Å². The van der Waals surface area contributed by atoms with Gasteiger partial charge in [-0.2, -0.15) is 0 Å². The second-order valence-electron chi connectivity index (χ2n) is 1.12. The van der Waals surface area contributed by atoms with Gasteiger partial charge in [-0.3, -0.25) is 0 Å². The van der Waals surface area contributed by atoms with Crippen molar-refractivity contribution in [2.24, 2.45) is 5.11 Å². The summed E-state index contributed by atoms with van der Waals surface area (Å²) < 4.78 is 6.80. The van der Waals surface area contributed by atoms with Crippen LogP contribution in [0.2, 0.25) is 0 Å². The van der Waals surface area contributed by atoms with Crippen LogP contribution >= 0.6 is 20.9 Å². The fourth-order valence-corrected chi connectivity index (χ4v) is 1.30. The number of hydrogen-bond donors (Lipinski definition) is 0. The summed E-state index contributed by atoms with van der Waals surface area (Å²) in [6, 6.07) is 0. The van der Waals surface area contributed by atoms with Crippen molar-refractivity contribution in [3.05, 3.63) is 10.4 Å². The molecule has 0 saturated carbocycles. The van der Waals surface area contributed by atoms with Gasteiger partial charge in [0.15, 0.2) is 0 Å². The summed E-state index contributed by atoms with van der Waals surface area (Å²) in [5.74, 6) is 0. The molecular weight excluding hydrogens is 141 g/mol. The topological polar surface area (TPSA) is 48.8 Å². The molecule has 0 N–H and O–H groups in total. The van der Waals surface area contributed by atoms with Crippen LogP contribution in [0, 0.1) is 0 Å². The van der Waals surface area contributed by atoms with Gasteiger partial charge in [0, 0.05) is 10.4 Å². The Morgan fingerprint density at radius 1 is 2.25 bits per heavy atom. The van der Waals surface area contributed by atoms with E-state index >= 15 is 0 Å². The average Bonchev–Trinajstić information content (AvgIpc) is 1.85. The maximum absolute atomic E-state index is 7.94. The van der Waals surface area contributed by atoms with Gasteiger partial charge in [-0.1, -0.05) is 5.11 Å². The summed E-state index contributed by atoms with van der Waals surface area (Å²) in [7, 11) is 0.185. The third-order valence-electron chi connectivity index (χ3n) is 0.539. The Kier molecular flexibility index (Phi) is 4.06. The van der Waals surface area contributed by atoms with E-state index < -0.39 is 0 Å². The first-order chi connectivity index (χ1) is 4.31. The summed E-state index contributed by atoms with van der Waals surface area (Å²) in [6.45, 7) is 1.82. The second-order valence-corrected chi connectivity index (χ2v) is 3.29. The van der Waals surface area contributed by atoms with Gasteiger partial charge in [0.05, 0.1) is 6.65 Å². The van der Waals surface area contributed by atoms with E-state index in [4.69, 9.17) is 6.81 Å². The SMILES string of the molecule is [3H]PCS[C@@H](C)N=[N+]=[N-]. The van der Waals surface area contributed by atoms with Crippen LogP contribution in [0.5, 0.6) is 0 Å². The van der Waals surface area contributed by atoms with Gasteiger partial charge in [0.25, 0.3) is 0 Å². The first kappa shape index (κ1) is 6.21. The van der Waals surface area contributed by atoms with Crippen LogP contribution in [-0.4, -0.2) is 12.1 Å². The molecule has 0 aliphatic heterocycles. The molecule has 46 valence electrons. The smallest absolute Gasteiger partial charge is 0.0808 e. The molecule has 0 heterocycles. The minimum atomic E-state index is -0.0205. The van der Waals surface area contributed by atoms with Crippen LogP contribution < -0.4 is 0 Å².